The van der Waals surface area contributed by atoms with Gasteiger partial charge in [0.2, 0.25) is 0 Å². The van der Waals surface area contributed by atoms with E-state index in [-0.39, 0.29) is 0 Å². The summed E-state index contributed by atoms with van der Waals surface area (Å²) in [5, 5.41) is 18.8. The maximum absolute atomic E-state index is 13.4. The van der Waals surface area contributed by atoms with Crippen molar-refractivity contribution in [3.63, 3.8) is 0 Å². The SMILES string of the molecule is CN(CC(=O)O)c1c(F)cc([N+](=O)[O-])cc1F. The number of benzene rings is 1. The molecule has 0 aliphatic rings. The van der Waals surface area contributed by atoms with Crippen molar-refractivity contribution in [2.75, 3.05) is 18.5 Å². The van der Waals surface area contributed by atoms with E-state index in [0.717, 1.165) is 4.90 Å². The summed E-state index contributed by atoms with van der Waals surface area (Å²) in [6.45, 7) is -0.619. The molecular formula is C9H8F2N2O4. The number of carboxylic acid groups (broad SMARTS) is 1. The van der Waals surface area contributed by atoms with E-state index in [4.69, 9.17) is 5.11 Å². The van der Waals surface area contributed by atoms with Crippen LogP contribution < -0.4 is 4.90 Å². The van der Waals surface area contributed by atoms with Crippen LogP contribution in [0.15, 0.2) is 12.1 Å². The third-order valence-corrected chi connectivity index (χ3v) is 1.97. The molecule has 0 bridgehead atoms. The average molecular weight is 246 g/mol. The van der Waals surface area contributed by atoms with Crippen LogP contribution in [0.1, 0.15) is 0 Å². The van der Waals surface area contributed by atoms with E-state index in [2.05, 4.69) is 0 Å². The van der Waals surface area contributed by atoms with Crippen LogP contribution in [-0.2, 0) is 4.79 Å². The molecule has 0 aromatic heterocycles. The molecule has 0 fully saturated rings. The minimum absolute atomic E-state index is 0.538. The Morgan fingerprint density at radius 2 is 1.94 bits per heavy atom. The number of carboxylic acids is 1. The summed E-state index contributed by atoms with van der Waals surface area (Å²) >= 11 is 0. The van der Waals surface area contributed by atoms with Crippen LogP contribution in [0.5, 0.6) is 0 Å². The van der Waals surface area contributed by atoms with E-state index >= 15 is 0 Å². The van der Waals surface area contributed by atoms with Crippen LogP contribution in [0.25, 0.3) is 0 Å². The highest BCUT2D eigenvalue weighted by atomic mass is 19.1. The number of nitrogens with zero attached hydrogens (tertiary/aromatic N) is 2. The predicted molar refractivity (Wildman–Crippen MR) is 53.9 cm³/mol. The number of rotatable bonds is 4. The van der Waals surface area contributed by atoms with E-state index in [1.807, 2.05) is 0 Å². The van der Waals surface area contributed by atoms with Crippen LogP contribution >= 0.6 is 0 Å². The van der Waals surface area contributed by atoms with Gasteiger partial charge in [0, 0.05) is 7.05 Å². The van der Waals surface area contributed by atoms with Gasteiger partial charge in [-0.25, -0.2) is 8.78 Å². The van der Waals surface area contributed by atoms with Gasteiger partial charge in [-0.2, -0.15) is 0 Å². The van der Waals surface area contributed by atoms with Crippen LogP contribution in [0.4, 0.5) is 20.2 Å². The summed E-state index contributed by atoms with van der Waals surface area (Å²) in [5.74, 6) is -3.63. The zero-order chi connectivity index (χ0) is 13.2. The molecule has 0 spiro atoms. The van der Waals surface area contributed by atoms with Crippen LogP contribution in [-0.4, -0.2) is 29.6 Å². The first kappa shape index (κ1) is 12.8. The fraction of sp³-hybridized carbons (Fsp3) is 0.222. The molecule has 0 amide bonds. The van der Waals surface area contributed by atoms with Crippen molar-refractivity contribution in [3.05, 3.63) is 33.9 Å². The Kier molecular flexibility index (Phi) is 3.56. The highest BCUT2D eigenvalue weighted by Crippen LogP contribution is 2.27. The largest absolute Gasteiger partial charge is 0.480 e. The van der Waals surface area contributed by atoms with Gasteiger partial charge >= 0.3 is 5.97 Å². The van der Waals surface area contributed by atoms with E-state index in [0.29, 0.717) is 12.1 Å². The molecule has 0 unspecified atom stereocenters. The smallest absolute Gasteiger partial charge is 0.323 e. The van der Waals surface area contributed by atoms with E-state index in [1.165, 1.54) is 7.05 Å². The zero-order valence-electron chi connectivity index (χ0n) is 8.68. The topological polar surface area (TPSA) is 83.7 Å². The Morgan fingerprint density at radius 1 is 1.47 bits per heavy atom. The van der Waals surface area contributed by atoms with Gasteiger partial charge < -0.3 is 10.0 Å². The van der Waals surface area contributed by atoms with Crippen LogP contribution in [0.2, 0.25) is 0 Å². The zero-order valence-corrected chi connectivity index (χ0v) is 8.68. The van der Waals surface area contributed by atoms with Gasteiger partial charge in [-0.3, -0.25) is 14.9 Å². The fourth-order valence-electron chi connectivity index (χ4n) is 1.30. The predicted octanol–water partition coefficient (Wildman–Crippen LogP) is 1.39. The molecule has 1 aromatic rings. The van der Waals surface area contributed by atoms with Gasteiger partial charge in [-0.1, -0.05) is 0 Å². The number of nitro benzene ring substituents is 1. The molecule has 0 radical (unpaired) electrons. The maximum Gasteiger partial charge on any atom is 0.323 e. The second-order valence-electron chi connectivity index (χ2n) is 3.26. The molecule has 1 aromatic carbocycles. The quantitative estimate of drug-likeness (QED) is 0.641. The normalized spacial score (nSPS) is 10.1. The summed E-state index contributed by atoms with van der Waals surface area (Å²) < 4.78 is 26.8. The summed E-state index contributed by atoms with van der Waals surface area (Å²) in [5.41, 5.74) is -1.34. The number of halogens is 2. The maximum atomic E-state index is 13.4. The van der Waals surface area contributed by atoms with Crippen molar-refractivity contribution in [2.24, 2.45) is 0 Å². The van der Waals surface area contributed by atoms with Crippen molar-refractivity contribution in [1.29, 1.82) is 0 Å². The Labute approximate surface area is 94.2 Å². The van der Waals surface area contributed by atoms with Gasteiger partial charge in [0.1, 0.15) is 12.2 Å². The van der Waals surface area contributed by atoms with Gasteiger partial charge in [-0.05, 0) is 0 Å². The molecule has 1 N–H and O–H groups in total. The second-order valence-corrected chi connectivity index (χ2v) is 3.26. The number of hydrogen-bond acceptors (Lipinski definition) is 4. The van der Waals surface area contributed by atoms with Crippen LogP contribution in [0.3, 0.4) is 0 Å². The third kappa shape index (κ3) is 2.86. The number of nitro groups is 1. The van der Waals surface area contributed by atoms with E-state index in [1.54, 1.807) is 0 Å². The molecule has 0 aliphatic heterocycles. The minimum atomic E-state index is -1.27. The minimum Gasteiger partial charge on any atom is -0.480 e. The summed E-state index contributed by atoms with van der Waals surface area (Å²) in [6, 6.07) is 1.08. The fourth-order valence-corrected chi connectivity index (χ4v) is 1.30. The van der Waals surface area contributed by atoms with Crippen molar-refractivity contribution in [1.82, 2.24) is 0 Å². The highest BCUT2D eigenvalue weighted by molar-refractivity contribution is 5.74. The lowest BCUT2D eigenvalue weighted by atomic mass is 10.2. The van der Waals surface area contributed by atoms with Gasteiger partial charge in [0.05, 0.1) is 17.1 Å². The molecule has 17 heavy (non-hydrogen) atoms. The highest BCUT2D eigenvalue weighted by Gasteiger charge is 2.20. The molecule has 92 valence electrons. The van der Waals surface area contributed by atoms with Gasteiger partial charge in [-0.15, -0.1) is 0 Å². The molecular weight excluding hydrogens is 238 g/mol. The molecule has 0 aliphatic carbocycles. The first-order valence-corrected chi connectivity index (χ1v) is 4.39. The second kappa shape index (κ2) is 4.73. The Hall–Kier alpha value is -2.25. The molecule has 0 saturated heterocycles. The van der Waals surface area contributed by atoms with E-state index < -0.39 is 40.4 Å². The Balaban J connectivity index is 3.17. The lowest BCUT2D eigenvalue weighted by Crippen LogP contribution is -2.26. The monoisotopic (exact) mass is 246 g/mol. The summed E-state index contributed by atoms with van der Waals surface area (Å²) in [7, 11) is 1.17. The summed E-state index contributed by atoms with van der Waals surface area (Å²) in [4.78, 5) is 20.6. The number of likely N-dealkylation sites (N-methyl/N-ethyl adjacent to an activating group) is 1. The Morgan fingerprint density at radius 3 is 2.29 bits per heavy atom. The van der Waals surface area contributed by atoms with Crippen molar-refractivity contribution in [3.8, 4) is 0 Å². The molecule has 8 heteroatoms. The number of aliphatic carboxylic acids is 1. The number of carbonyl (C=O) groups is 1. The first-order chi connectivity index (χ1) is 7.82. The molecule has 0 atom stereocenters. The number of hydrogen-bond donors (Lipinski definition) is 1. The van der Waals surface area contributed by atoms with Crippen molar-refractivity contribution in [2.45, 2.75) is 0 Å². The van der Waals surface area contributed by atoms with Gasteiger partial charge in [0.25, 0.3) is 5.69 Å². The van der Waals surface area contributed by atoms with Crippen molar-refractivity contribution < 1.29 is 23.6 Å². The van der Waals surface area contributed by atoms with Crippen LogP contribution in [0, 0.1) is 21.7 Å². The standard InChI is InChI=1S/C9H8F2N2O4/c1-12(4-8(14)15)9-6(10)2-5(13(16)17)3-7(9)11/h2-3H,4H2,1H3,(H,14,15). The molecule has 6 nitrogen and oxygen atoms in total. The Bertz CT molecular complexity index is 455. The average Bonchev–Trinajstić information content (AvgIpc) is 2.14. The lowest BCUT2D eigenvalue weighted by Gasteiger charge is -2.17. The number of non-ortho nitro benzene ring substituents is 1. The summed E-state index contributed by atoms with van der Waals surface area (Å²) in [6.07, 6.45) is 0. The molecule has 0 saturated carbocycles. The third-order valence-electron chi connectivity index (χ3n) is 1.97. The van der Waals surface area contributed by atoms with E-state index in [9.17, 15) is 23.7 Å². The van der Waals surface area contributed by atoms with Crippen molar-refractivity contribution >= 4 is 17.3 Å². The lowest BCUT2D eigenvalue weighted by molar-refractivity contribution is -0.385. The first-order valence-electron chi connectivity index (χ1n) is 4.39. The molecule has 0 heterocycles. The number of anilines is 1. The molecule has 1 rings (SSSR count). The van der Waals surface area contributed by atoms with Gasteiger partial charge in [0.15, 0.2) is 11.6 Å².